The highest BCUT2D eigenvalue weighted by molar-refractivity contribution is 5.20. The average molecular weight is 221 g/mol. The summed E-state index contributed by atoms with van der Waals surface area (Å²) >= 11 is 0. The molecule has 0 spiro atoms. The van der Waals surface area contributed by atoms with Crippen LogP contribution in [0.4, 0.5) is 0 Å². The van der Waals surface area contributed by atoms with Gasteiger partial charge in [0.05, 0.1) is 7.11 Å². The van der Waals surface area contributed by atoms with E-state index in [1.54, 1.807) is 13.3 Å². The minimum absolute atomic E-state index is 0.591. The quantitative estimate of drug-likeness (QED) is 0.794. The van der Waals surface area contributed by atoms with Crippen LogP contribution in [0, 0.1) is 0 Å². The second-order valence-corrected chi connectivity index (χ2v) is 4.13. The predicted octanol–water partition coefficient (Wildman–Crippen LogP) is 0.932. The van der Waals surface area contributed by atoms with Crippen LogP contribution in [0.5, 0.6) is 5.88 Å². The number of ether oxygens (including phenoxy) is 1. The molecule has 1 fully saturated rings. The molecular weight excluding hydrogens is 202 g/mol. The Morgan fingerprint density at radius 1 is 1.62 bits per heavy atom. The molecule has 0 amide bonds. The van der Waals surface area contributed by atoms with Crippen molar-refractivity contribution in [2.45, 2.75) is 25.4 Å². The van der Waals surface area contributed by atoms with Crippen LogP contribution >= 0.6 is 0 Å². The first-order valence-corrected chi connectivity index (χ1v) is 5.81. The molecule has 2 heterocycles. The van der Waals surface area contributed by atoms with Gasteiger partial charge in [0.2, 0.25) is 5.88 Å². The van der Waals surface area contributed by atoms with Crippen LogP contribution in [0.25, 0.3) is 0 Å². The molecule has 0 radical (unpaired) electrons. The van der Waals surface area contributed by atoms with Gasteiger partial charge in [-0.2, -0.15) is 0 Å². The first kappa shape index (κ1) is 11.4. The molecule has 0 aliphatic carbocycles. The van der Waals surface area contributed by atoms with Crippen LogP contribution in [0.15, 0.2) is 18.3 Å². The third-order valence-corrected chi connectivity index (χ3v) is 2.90. The van der Waals surface area contributed by atoms with Crippen molar-refractivity contribution >= 4 is 0 Å². The molecule has 2 N–H and O–H groups in total. The summed E-state index contributed by atoms with van der Waals surface area (Å²) < 4.78 is 5.10. The van der Waals surface area contributed by atoms with Gasteiger partial charge in [0.25, 0.3) is 0 Å². The van der Waals surface area contributed by atoms with E-state index in [9.17, 15) is 0 Å². The number of piperidine rings is 1. The van der Waals surface area contributed by atoms with Crippen molar-refractivity contribution in [1.82, 2.24) is 15.6 Å². The molecule has 0 saturated carbocycles. The number of rotatable bonds is 4. The highest BCUT2D eigenvalue weighted by Gasteiger charge is 2.11. The van der Waals surface area contributed by atoms with Gasteiger partial charge in [-0.05, 0) is 31.0 Å². The minimum atomic E-state index is 0.591. The van der Waals surface area contributed by atoms with Gasteiger partial charge in [-0.1, -0.05) is 0 Å². The minimum Gasteiger partial charge on any atom is -0.481 e. The monoisotopic (exact) mass is 221 g/mol. The molecule has 4 heteroatoms. The van der Waals surface area contributed by atoms with E-state index in [4.69, 9.17) is 4.74 Å². The lowest BCUT2D eigenvalue weighted by Crippen LogP contribution is -2.42. The van der Waals surface area contributed by atoms with Crippen LogP contribution in [0.3, 0.4) is 0 Å². The molecule has 1 aliphatic rings. The number of pyridine rings is 1. The Morgan fingerprint density at radius 2 is 2.56 bits per heavy atom. The SMILES string of the molecule is COc1cc(CNC2CCCNC2)ccn1. The zero-order chi connectivity index (χ0) is 11.2. The van der Waals surface area contributed by atoms with Crippen molar-refractivity contribution in [3.63, 3.8) is 0 Å². The molecule has 2 rings (SSSR count). The number of methoxy groups -OCH3 is 1. The largest absolute Gasteiger partial charge is 0.481 e. The molecule has 0 aromatic carbocycles. The van der Waals surface area contributed by atoms with Gasteiger partial charge in [0.15, 0.2) is 0 Å². The summed E-state index contributed by atoms with van der Waals surface area (Å²) in [5.41, 5.74) is 1.22. The van der Waals surface area contributed by atoms with E-state index < -0.39 is 0 Å². The van der Waals surface area contributed by atoms with Crippen molar-refractivity contribution in [1.29, 1.82) is 0 Å². The third kappa shape index (κ3) is 3.18. The summed E-state index contributed by atoms with van der Waals surface area (Å²) in [5, 5.41) is 6.94. The van der Waals surface area contributed by atoms with Gasteiger partial charge in [-0.3, -0.25) is 0 Å². The number of aromatic nitrogens is 1. The van der Waals surface area contributed by atoms with Gasteiger partial charge in [0.1, 0.15) is 0 Å². The van der Waals surface area contributed by atoms with E-state index in [0.717, 1.165) is 19.6 Å². The van der Waals surface area contributed by atoms with Crippen molar-refractivity contribution in [2.75, 3.05) is 20.2 Å². The summed E-state index contributed by atoms with van der Waals surface area (Å²) in [6.07, 6.45) is 4.31. The topological polar surface area (TPSA) is 46.2 Å². The first-order valence-electron chi connectivity index (χ1n) is 5.81. The Hall–Kier alpha value is -1.13. The summed E-state index contributed by atoms with van der Waals surface area (Å²) in [6, 6.07) is 4.59. The Kier molecular flexibility index (Phi) is 4.13. The van der Waals surface area contributed by atoms with E-state index in [1.807, 2.05) is 12.1 Å². The Morgan fingerprint density at radius 3 is 3.31 bits per heavy atom. The van der Waals surface area contributed by atoms with Crippen LogP contribution in [0.1, 0.15) is 18.4 Å². The van der Waals surface area contributed by atoms with Gasteiger partial charge in [0, 0.05) is 31.4 Å². The lowest BCUT2D eigenvalue weighted by atomic mass is 10.1. The summed E-state index contributed by atoms with van der Waals surface area (Å²) in [4.78, 5) is 4.09. The van der Waals surface area contributed by atoms with Crippen molar-refractivity contribution < 1.29 is 4.74 Å². The summed E-state index contributed by atoms with van der Waals surface area (Å²) in [7, 11) is 1.64. The molecule has 1 aliphatic heterocycles. The Bertz CT molecular complexity index is 324. The van der Waals surface area contributed by atoms with Gasteiger partial charge in [-0.25, -0.2) is 4.98 Å². The van der Waals surface area contributed by atoms with E-state index in [1.165, 1.54) is 18.4 Å². The van der Waals surface area contributed by atoms with Crippen LogP contribution < -0.4 is 15.4 Å². The molecule has 0 bridgehead atoms. The fourth-order valence-electron chi connectivity index (χ4n) is 1.96. The van der Waals surface area contributed by atoms with Gasteiger partial charge >= 0.3 is 0 Å². The standard InChI is InChI=1S/C12H19N3O/c1-16-12-7-10(4-6-14-12)8-15-11-3-2-5-13-9-11/h4,6-7,11,13,15H,2-3,5,8-9H2,1H3. The molecule has 16 heavy (non-hydrogen) atoms. The molecule has 1 saturated heterocycles. The number of nitrogens with one attached hydrogen (secondary N) is 2. The number of hydrogen-bond acceptors (Lipinski definition) is 4. The maximum atomic E-state index is 5.10. The normalized spacial score (nSPS) is 20.7. The molecular formula is C12H19N3O. The molecule has 1 aromatic rings. The smallest absolute Gasteiger partial charge is 0.213 e. The van der Waals surface area contributed by atoms with E-state index in [2.05, 4.69) is 15.6 Å². The molecule has 1 aromatic heterocycles. The number of nitrogens with zero attached hydrogens (tertiary/aromatic N) is 1. The molecule has 88 valence electrons. The summed E-state index contributed by atoms with van der Waals surface area (Å²) in [5.74, 6) is 0.682. The highest BCUT2D eigenvalue weighted by atomic mass is 16.5. The second-order valence-electron chi connectivity index (χ2n) is 4.13. The Labute approximate surface area is 96.4 Å². The Balaban J connectivity index is 1.83. The summed E-state index contributed by atoms with van der Waals surface area (Å²) in [6.45, 7) is 3.11. The van der Waals surface area contributed by atoms with E-state index in [0.29, 0.717) is 11.9 Å². The fraction of sp³-hybridized carbons (Fsp3) is 0.583. The zero-order valence-electron chi connectivity index (χ0n) is 9.70. The van der Waals surface area contributed by atoms with Crippen LogP contribution in [0.2, 0.25) is 0 Å². The lowest BCUT2D eigenvalue weighted by molar-refractivity contribution is 0.385. The van der Waals surface area contributed by atoms with E-state index >= 15 is 0 Å². The molecule has 1 unspecified atom stereocenters. The number of hydrogen-bond donors (Lipinski definition) is 2. The maximum absolute atomic E-state index is 5.10. The average Bonchev–Trinajstić information content (AvgIpc) is 2.38. The van der Waals surface area contributed by atoms with Crippen molar-refractivity contribution in [3.05, 3.63) is 23.9 Å². The van der Waals surface area contributed by atoms with Crippen LogP contribution in [-0.4, -0.2) is 31.2 Å². The van der Waals surface area contributed by atoms with Gasteiger partial charge < -0.3 is 15.4 Å². The van der Waals surface area contributed by atoms with Crippen LogP contribution in [-0.2, 0) is 6.54 Å². The van der Waals surface area contributed by atoms with Crippen molar-refractivity contribution in [2.24, 2.45) is 0 Å². The highest BCUT2D eigenvalue weighted by Crippen LogP contribution is 2.09. The second kappa shape index (κ2) is 5.82. The fourth-order valence-corrected chi connectivity index (χ4v) is 1.96. The van der Waals surface area contributed by atoms with E-state index in [-0.39, 0.29) is 0 Å². The predicted molar refractivity (Wildman–Crippen MR) is 63.5 cm³/mol. The molecule has 4 nitrogen and oxygen atoms in total. The lowest BCUT2D eigenvalue weighted by Gasteiger charge is -2.23. The maximum Gasteiger partial charge on any atom is 0.213 e. The zero-order valence-corrected chi connectivity index (χ0v) is 9.70. The third-order valence-electron chi connectivity index (χ3n) is 2.90. The van der Waals surface area contributed by atoms with Gasteiger partial charge in [-0.15, -0.1) is 0 Å². The van der Waals surface area contributed by atoms with Crippen molar-refractivity contribution in [3.8, 4) is 5.88 Å². The first-order chi connectivity index (χ1) is 7.88. The molecule has 1 atom stereocenters.